The number of rotatable bonds is 5. The molecule has 1 atom stereocenters. The summed E-state index contributed by atoms with van der Waals surface area (Å²) in [4.78, 5) is 2.48. The van der Waals surface area contributed by atoms with Gasteiger partial charge in [0.1, 0.15) is 0 Å². The average Bonchev–Trinajstić information content (AvgIpc) is 2.56. The summed E-state index contributed by atoms with van der Waals surface area (Å²) >= 11 is 0. The molecule has 3 heteroatoms. The number of hydrogen-bond acceptors (Lipinski definition) is 3. The second-order valence-corrected chi connectivity index (χ2v) is 3.46. The lowest BCUT2D eigenvalue weighted by molar-refractivity contribution is 0.0810. The molecule has 0 amide bonds. The highest BCUT2D eigenvalue weighted by atomic mass is 16.5. The molecule has 1 saturated heterocycles. The van der Waals surface area contributed by atoms with Gasteiger partial charge in [0, 0.05) is 12.6 Å². The van der Waals surface area contributed by atoms with Gasteiger partial charge in [0.15, 0.2) is 0 Å². The second kappa shape index (κ2) is 5.51. The van der Waals surface area contributed by atoms with Gasteiger partial charge in [-0.1, -0.05) is 0 Å². The van der Waals surface area contributed by atoms with Crippen LogP contribution in [0.15, 0.2) is 0 Å². The van der Waals surface area contributed by atoms with Crippen LogP contribution in [0.5, 0.6) is 0 Å². The number of nitrogens with zero attached hydrogens (tertiary/aromatic N) is 1. The summed E-state index contributed by atoms with van der Waals surface area (Å²) in [6.45, 7) is 6.87. The van der Waals surface area contributed by atoms with Crippen molar-refractivity contribution in [2.75, 3.05) is 32.8 Å². The van der Waals surface area contributed by atoms with Crippen molar-refractivity contribution in [1.82, 2.24) is 4.90 Å². The van der Waals surface area contributed by atoms with E-state index >= 15 is 0 Å². The minimum Gasteiger partial charge on any atom is -0.379 e. The average molecular weight is 172 g/mol. The van der Waals surface area contributed by atoms with Crippen molar-refractivity contribution in [1.29, 1.82) is 0 Å². The zero-order valence-corrected chi connectivity index (χ0v) is 7.96. The van der Waals surface area contributed by atoms with Crippen LogP contribution in [0.25, 0.3) is 0 Å². The maximum atomic E-state index is 5.39. The van der Waals surface area contributed by atoms with E-state index in [1.54, 1.807) is 0 Å². The first kappa shape index (κ1) is 9.96. The van der Waals surface area contributed by atoms with Crippen molar-refractivity contribution >= 4 is 0 Å². The van der Waals surface area contributed by atoms with E-state index in [2.05, 4.69) is 11.8 Å². The summed E-state index contributed by atoms with van der Waals surface area (Å²) in [6.07, 6.45) is 2.70. The Bertz CT molecular complexity index is 113. The lowest BCUT2D eigenvalue weighted by Crippen LogP contribution is -2.34. The monoisotopic (exact) mass is 172 g/mol. The standard InChI is InChI=1S/C9H20N2O/c1-9(8-12-7-4-10)11-5-2-3-6-11/h9H,2-8,10H2,1H3. The number of nitrogens with two attached hydrogens (primary N) is 1. The highest BCUT2D eigenvalue weighted by Gasteiger charge is 2.17. The van der Waals surface area contributed by atoms with E-state index in [-0.39, 0.29) is 0 Å². The van der Waals surface area contributed by atoms with Crippen molar-refractivity contribution in [3.63, 3.8) is 0 Å². The zero-order valence-electron chi connectivity index (χ0n) is 7.96. The Morgan fingerprint density at radius 1 is 1.42 bits per heavy atom. The molecule has 0 aliphatic carbocycles. The van der Waals surface area contributed by atoms with Gasteiger partial charge in [-0.05, 0) is 32.9 Å². The van der Waals surface area contributed by atoms with E-state index in [1.807, 2.05) is 0 Å². The van der Waals surface area contributed by atoms with Crippen LogP contribution in [0.3, 0.4) is 0 Å². The van der Waals surface area contributed by atoms with Gasteiger partial charge in [-0.3, -0.25) is 4.90 Å². The fraction of sp³-hybridized carbons (Fsp3) is 1.00. The van der Waals surface area contributed by atoms with Crippen LogP contribution in [-0.4, -0.2) is 43.8 Å². The third kappa shape index (κ3) is 3.09. The molecule has 12 heavy (non-hydrogen) atoms. The second-order valence-electron chi connectivity index (χ2n) is 3.46. The van der Waals surface area contributed by atoms with Gasteiger partial charge in [0.2, 0.25) is 0 Å². The van der Waals surface area contributed by atoms with Crippen LogP contribution in [0, 0.1) is 0 Å². The van der Waals surface area contributed by atoms with E-state index in [4.69, 9.17) is 10.5 Å². The third-order valence-corrected chi connectivity index (χ3v) is 2.39. The molecule has 1 aliphatic heterocycles. The highest BCUT2D eigenvalue weighted by molar-refractivity contribution is 4.72. The quantitative estimate of drug-likeness (QED) is 0.612. The molecule has 0 saturated carbocycles. The molecule has 0 radical (unpaired) electrons. The maximum absolute atomic E-state index is 5.39. The van der Waals surface area contributed by atoms with Crippen molar-refractivity contribution in [2.45, 2.75) is 25.8 Å². The molecule has 2 N–H and O–H groups in total. The van der Waals surface area contributed by atoms with E-state index < -0.39 is 0 Å². The predicted octanol–water partition coefficient (Wildman–Crippen LogP) is 0.446. The van der Waals surface area contributed by atoms with E-state index in [1.165, 1.54) is 25.9 Å². The number of hydrogen-bond donors (Lipinski definition) is 1. The molecule has 72 valence electrons. The summed E-state index contributed by atoms with van der Waals surface area (Å²) < 4.78 is 5.39. The first-order valence-electron chi connectivity index (χ1n) is 4.86. The van der Waals surface area contributed by atoms with Crippen molar-refractivity contribution in [2.24, 2.45) is 5.73 Å². The van der Waals surface area contributed by atoms with Crippen LogP contribution >= 0.6 is 0 Å². The van der Waals surface area contributed by atoms with Crippen LogP contribution in [0.4, 0.5) is 0 Å². The van der Waals surface area contributed by atoms with Gasteiger partial charge in [0.05, 0.1) is 13.2 Å². The normalized spacial score (nSPS) is 21.5. The summed E-state index contributed by atoms with van der Waals surface area (Å²) in [7, 11) is 0. The van der Waals surface area contributed by atoms with Crippen LogP contribution < -0.4 is 5.73 Å². The molecule has 0 aromatic carbocycles. The molecule has 1 heterocycles. The van der Waals surface area contributed by atoms with E-state index in [0.29, 0.717) is 19.2 Å². The van der Waals surface area contributed by atoms with Gasteiger partial charge in [0.25, 0.3) is 0 Å². The summed E-state index contributed by atoms with van der Waals surface area (Å²) in [6, 6.07) is 0.569. The molecule has 0 spiro atoms. The van der Waals surface area contributed by atoms with Crippen molar-refractivity contribution < 1.29 is 4.74 Å². The molecule has 0 bridgehead atoms. The number of likely N-dealkylation sites (tertiary alicyclic amines) is 1. The van der Waals surface area contributed by atoms with Gasteiger partial charge in [-0.2, -0.15) is 0 Å². The zero-order chi connectivity index (χ0) is 8.81. The largest absolute Gasteiger partial charge is 0.379 e. The third-order valence-electron chi connectivity index (χ3n) is 2.39. The SMILES string of the molecule is CC(COCCN)N1CCCC1. The van der Waals surface area contributed by atoms with Gasteiger partial charge < -0.3 is 10.5 Å². The topological polar surface area (TPSA) is 38.5 Å². The van der Waals surface area contributed by atoms with Crippen LogP contribution in [-0.2, 0) is 4.74 Å². The van der Waals surface area contributed by atoms with Crippen LogP contribution in [0.2, 0.25) is 0 Å². The van der Waals surface area contributed by atoms with Crippen molar-refractivity contribution in [3.8, 4) is 0 Å². The first-order valence-corrected chi connectivity index (χ1v) is 4.86. The highest BCUT2D eigenvalue weighted by Crippen LogP contribution is 2.11. The fourth-order valence-corrected chi connectivity index (χ4v) is 1.62. The minimum atomic E-state index is 0.569. The molecule has 0 aromatic heterocycles. The summed E-state index contributed by atoms with van der Waals surface area (Å²) in [5.74, 6) is 0. The lowest BCUT2D eigenvalue weighted by atomic mass is 10.3. The van der Waals surface area contributed by atoms with Gasteiger partial charge >= 0.3 is 0 Å². The first-order chi connectivity index (χ1) is 5.84. The molecule has 1 aliphatic rings. The Morgan fingerprint density at radius 3 is 2.67 bits per heavy atom. The minimum absolute atomic E-state index is 0.569. The van der Waals surface area contributed by atoms with Crippen LogP contribution in [0.1, 0.15) is 19.8 Å². The molecule has 1 fully saturated rings. The van der Waals surface area contributed by atoms with E-state index in [0.717, 1.165) is 6.61 Å². The summed E-state index contributed by atoms with van der Waals surface area (Å²) in [5.41, 5.74) is 5.33. The maximum Gasteiger partial charge on any atom is 0.0619 e. The molecule has 3 nitrogen and oxygen atoms in total. The smallest absolute Gasteiger partial charge is 0.0619 e. The molecular weight excluding hydrogens is 152 g/mol. The molecule has 0 aromatic rings. The molecule has 1 unspecified atom stereocenters. The van der Waals surface area contributed by atoms with Crippen molar-refractivity contribution in [3.05, 3.63) is 0 Å². The summed E-state index contributed by atoms with van der Waals surface area (Å²) in [5, 5.41) is 0. The van der Waals surface area contributed by atoms with Gasteiger partial charge in [-0.25, -0.2) is 0 Å². The Labute approximate surface area is 74.9 Å². The van der Waals surface area contributed by atoms with Gasteiger partial charge in [-0.15, -0.1) is 0 Å². The Hall–Kier alpha value is -0.120. The Kier molecular flexibility index (Phi) is 4.58. The predicted molar refractivity (Wildman–Crippen MR) is 50.1 cm³/mol. The number of ether oxygens (including phenoxy) is 1. The fourth-order valence-electron chi connectivity index (χ4n) is 1.62. The molecular formula is C9H20N2O. The Morgan fingerprint density at radius 2 is 2.08 bits per heavy atom. The lowest BCUT2D eigenvalue weighted by Gasteiger charge is -2.23. The molecule has 1 rings (SSSR count). The Balaban J connectivity index is 2.05. The van der Waals surface area contributed by atoms with E-state index in [9.17, 15) is 0 Å².